The fourth-order valence-corrected chi connectivity index (χ4v) is 6.24. The molecule has 2 amide bonds. The molecule has 1 fully saturated rings. The topological polar surface area (TPSA) is 47.6 Å². The van der Waals surface area contributed by atoms with Gasteiger partial charge in [0, 0.05) is 51.9 Å². The van der Waals surface area contributed by atoms with E-state index in [1.807, 2.05) is 6.07 Å². The van der Waals surface area contributed by atoms with Gasteiger partial charge in [-0.3, -0.25) is 4.90 Å². The second kappa shape index (κ2) is 14.8. The van der Waals surface area contributed by atoms with Gasteiger partial charge in [-0.2, -0.15) is 0 Å². The van der Waals surface area contributed by atoms with E-state index in [1.165, 1.54) is 33.0 Å². The molecule has 5 aromatic rings. The molecule has 0 saturated carbocycles. The van der Waals surface area contributed by atoms with Crippen molar-refractivity contribution in [3.05, 3.63) is 155 Å². The van der Waals surface area contributed by atoms with Gasteiger partial charge in [-0.1, -0.05) is 127 Å². The van der Waals surface area contributed by atoms with E-state index in [9.17, 15) is 4.79 Å². The Kier molecular flexibility index (Phi) is 9.98. The van der Waals surface area contributed by atoms with E-state index < -0.39 is 0 Å². The molecule has 1 heterocycles. The predicted molar refractivity (Wildman–Crippen MR) is 180 cm³/mol. The van der Waals surface area contributed by atoms with Crippen LogP contribution in [0, 0.1) is 0 Å². The molecular weight excluding hydrogens is 540 g/mol. The van der Waals surface area contributed by atoms with Crippen LogP contribution in [-0.2, 0) is 32.6 Å². The van der Waals surface area contributed by atoms with Crippen LogP contribution in [0.15, 0.2) is 127 Å². The highest BCUT2D eigenvalue weighted by Crippen LogP contribution is 2.22. The van der Waals surface area contributed by atoms with Gasteiger partial charge in [-0.25, -0.2) is 4.79 Å². The van der Waals surface area contributed by atoms with Crippen molar-refractivity contribution in [3.8, 4) is 0 Å². The highest BCUT2D eigenvalue weighted by molar-refractivity contribution is 5.85. The summed E-state index contributed by atoms with van der Waals surface area (Å²) < 4.78 is 0. The molecule has 2 N–H and O–H groups in total. The third-order valence-electron chi connectivity index (χ3n) is 8.63. The van der Waals surface area contributed by atoms with Gasteiger partial charge < -0.3 is 15.5 Å². The second-order valence-electron chi connectivity index (χ2n) is 11.8. The van der Waals surface area contributed by atoms with E-state index in [4.69, 9.17) is 0 Å². The van der Waals surface area contributed by atoms with Crippen LogP contribution in [0.2, 0.25) is 0 Å². The van der Waals surface area contributed by atoms with Gasteiger partial charge in [-0.15, -0.1) is 0 Å². The van der Waals surface area contributed by atoms with Crippen LogP contribution in [-0.4, -0.2) is 41.5 Å². The number of hydrogen-bond acceptors (Lipinski definition) is 3. The molecule has 6 rings (SSSR count). The van der Waals surface area contributed by atoms with Crippen molar-refractivity contribution >= 4 is 16.8 Å². The molecule has 0 radical (unpaired) electrons. The zero-order chi connectivity index (χ0) is 30.0. The Hall–Kier alpha value is -4.45. The smallest absolute Gasteiger partial charge is 0.318 e. The quantitative estimate of drug-likeness (QED) is 0.164. The zero-order valence-corrected chi connectivity index (χ0v) is 25.4. The molecule has 5 aromatic carbocycles. The molecule has 0 aromatic heterocycles. The van der Waals surface area contributed by atoms with Gasteiger partial charge in [0.05, 0.1) is 0 Å². The maximum Gasteiger partial charge on any atom is 0.318 e. The largest absolute Gasteiger partial charge is 0.338 e. The van der Waals surface area contributed by atoms with Crippen LogP contribution < -0.4 is 10.6 Å². The molecule has 1 saturated heterocycles. The highest BCUT2D eigenvalue weighted by atomic mass is 16.2. The Balaban J connectivity index is 1.09. The Labute approximate surface area is 261 Å². The summed E-state index contributed by atoms with van der Waals surface area (Å²) in [6, 6.07) is 44.9. The second-order valence-corrected chi connectivity index (χ2v) is 11.8. The lowest BCUT2D eigenvalue weighted by molar-refractivity contribution is 0.169. The number of hydrogen-bond donors (Lipinski definition) is 2. The monoisotopic (exact) mass is 582 g/mol. The van der Waals surface area contributed by atoms with Crippen LogP contribution in [0.5, 0.6) is 0 Å². The summed E-state index contributed by atoms with van der Waals surface area (Å²) in [6.07, 6.45) is 1.78. The predicted octanol–water partition coefficient (Wildman–Crippen LogP) is 7.16. The summed E-state index contributed by atoms with van der Waals surface area (Å²) in [6.45, 7) is 5.65. The molecule has 5 nitrogen and oxygen atoms in total. The summed E-state index contributed by atoms with van der Waals surface area (Å²) in [5.41, 5.74) is 6.26. The van der Waals surface area contributed by atoms with E-state index in [1.54, 1.807) is 0 Å². The lowest BCUT2D eigenvalue weighted by Gasteiger charge is -2.30. The van der Waals surface area contributed by atoms with Crippen LogP contribution in [0.3, 0.4) is 0 Å². The molecule has 1 aliphatic heterocycles. The van der Waals surface area contributed by atoms with E-state index in [2.05, 4.69) is 142 Å². The van der Waals surface area contributed by atoms with Gasteiger partial charge in [0.1, 0.15) is 0 Å². The number of nitrogens with zero attached hydrogens (tertiary/aromatic N) is 2. The molecule has 44 heavy (non-hydrogen) atoms. The number of carbonyl (C=O) groups excluding carboxylic acids is 1. The Morgan fingerprint density at radius 3 is 2.11 bits per heavy atom. The third kappa shape index (κ3) is 7.93. The Morgan fingerprint density at radius 2 is 1.34 bits per heavy atom. The minimum Gasteiger partial charge on any atom is -0.338 e. The van der Waals surface area contributed by atoms with Crippen molar-refractivity contribution < 1.29 is 4.79 Å². The van der Waals surface area contributed by atoms with E-state index in [-0.39, 0.29) is 12.1 Å². The molecule has 0 bridgehead atoms. The molecule has 0 spiro atoms. The number of nitrogens with one attached hydrogen (secondary N) is 2. The van der Waals surface area contributed by atoms with Crippen LogP contribution in [0.25, 0.3) is 10.8 Å². The molecule has 1 aliphatic rings. The normalized spacial score (nSPS) is 15.0. The van der Waals surface area contributed by atoms with Gasteiger partial charge in [0.2, 0.25) is 0 Å². The lowest BCUT2D eigenvalue weighted by atomic mass is 10.0. The number of amides is 2. The van der Waals surface area contributed by atoms with Gasteiger partial charge in [0.25, 0.3) is 0 Å². The van der Waals surface area contributed by atoms with Crippen molar-refractivity contribution in [1.82, 2.24) is 20.4 Å². The van der Waals surface area contributed by atoms with Gasteiger partial charge in [0.15, 0.2) is 0 Å². The fourth-order valence-electron chi connectivity index (χ4n) is 6.24. The summed E-state index contributed by atoms with van der Waals surface area (Å²) in [5.74, 6) is 0. The standard InChI is InChI=1S/C39H42N4O/c44-39(41-24-22-36-16-9-15-35-14-7-8-17-38(35)36)43(37-23-25-42(30-37)28-33-12-5-2-6-13-33)29-34-20-18-32(19-21-34)27-40-26-31-10-3-1-4-11-31/h1-21,37,40H,22-30H2,(H,41,44). The summed E-state index contributed by atoms with van der Waals surface area (Å²) in [4.78, 5) is 18.3. The first kappa shape index (κ1) is 29.6. The number of carbonyl (C=O) groups is 1. The van der Waals surface area contributed by atoms with E-state index >= 15 is 0 Å². The van der Waals surface area contributed by atoms with Crippen molar-refractivity contribution in [2.75, 3.05) is 19.6 Å². The van der Waals surface area contributed by atoms with Crippen LogP contribution >= 0.6 is 0 Å². The number of likely N-dealkylation sites (tertiary alicyclic amines) is 1. The maximum absolute atomic E-state index is 13.8. The number of fused-ring (bicyclic) bond motifs is 1. The van der Waals surface area contributed by atoms with Crippen LogP contribution in [0.1, 0.15) is 34.2 Å². The number of urea groups is 1. The molecule has 1 unspecified atom stereocenters. The molecule has 0 aliphatic carbocycles. The van der Waals surface area contributed by atoms with E-state index in [0.29, 0.717) is 13.1 Å². The lowest BCUT2D eigenvalue weighted by Crippen LogP contribution is -2.47. The summed E-state index contributed by atoms with van der Waals surface area (Å²) in [5, 5.41) is 9.30. The summed E-state index contributed by atoms with van der Waals surface area (Å²) >= 11 is 0. The molecule has 1 atom stereocenters. The average Bonchev–Trinajstić information content (AvgIpc) is 3.53. The van der Waals surface area contributed by atoms with Crippen molar-refractivity contribution in [1.29, 1.82) is 0 Å². The first-order valence-electron chi connectivity index (χ1n) is 15.8. The minimum absolute atomic E-state index is 0.0189. The average molecular weight is 583 g/mol. The molecule has 5 heteroatoms. The first-order valence-corrected chi connectivity index (χ1v) is 15.8. The zero-order valence-electron chi connectivity index (χ0n) is 25.4. The van der Waals surface area contributed by atoms with Gasteiger partial charge in [-0.05, 0) is 51.4 Å². The van der Waals surface area contributed by atoms with Crippen molar-refractivity contribution in [2.45, 2.75) is 45.1 Å². The third-order valence-corrected chi connectivity index (χ3v) is 8.63. The molecular formula is C39H42N4O. The number of benzene rings is 5. The molecule has 224 valence electrons. The fraction of sp³-hybridized carbons (Fsp3) is 0.256. The highest BCUT2D eigenvalue weighted by Gasteiger charge is 2.30. The van der Waals surface area contributed by atoms with E-state index in [0.717, 1.165) is 51.1 Å². The SMILES string of the molecule is O=C(NCCc1cccc2ccccc12)N(Cc1ccc(CNCc2ccccc2)cc1)C1CCN(Cc2ccccc2)C1. The van der Waals surface area contributed by atoms with Crippen LogP contribution in [0.4, 0.5) is 4.79 Å². The van der Waals surface area contributed by atoms with Crippen molar-refractivity contribution in [3.63, 3.8) is 0 Å². The number of rotatable bonds is 12. The van der Waals surface area contributed by atoms with Gasteiger partial charge >= 0.3 is 6.03 Å². The minimum atomic E-state index is 0.0189. The Morgan fingerprint density at radius 1 is 0.705 bits per heavy atom. The van der Waals surface area contributed by atoms with Crippen molar-refractivity contribution in [2.24, 2.45) is 0 Å². The Bertz CT molecular complexity index is 1620. The first-order chi connectivity index (χ1) is 21.7. The maximum atomic E-state index is 13.8. The summed E-state index contributed by atoms with van der Waals surface area (Å²) in [7, 11) is 0.